The topological polar surface area (TPSA) is 71.7 Å². The molecule has 0 bridgehead atoms. The second kappa shape index (κ2) is 7.89. The Balaban J connectivity index is 1.33. The zero-order valence-electron chi connectivity index (χ0n) is 15.0. The van der Waals surface area contributed by atoms with Crippen LogP contribution in [0, 0.1) is 0 Å². The summed E-state index contributed by atoms with van der Waals surface area (Å²) in [4.78, 5) is 21.8. The molecule has 1 aliphatic rings. The van der Waals surface area contributed by atoms with Crippen LogP contribution < -0.4 is 4.74 Å². The number of benzene rings is 1. The van der Waals surface area contributed by atoms with Gasteiger partial charge >= 0.3 is 0 Å². The highest BCUT2D eigenvalue weighted by Crippen LogP contribution is 2.20. The van der Waals surface area contributed by atoms with Gasteiger partial charge in [0.05, 0.1) is 18.5 Å². The van der Waals surface area contributed by atoms with E-state index in [0.717, 1.165) is 29.3 Å². The number of carbonyl (C=O) groups is 1. The van der Waals surface area contributed by atoms with Crippen LogP contribution in [0.25, 0.3) is 11.4 Å². The van der Waals surface area contributed by atoms with Gasteiger partial charge in [-0.1, -0.05) is 11.2 Å². The quantitative estimate of drug-likeness (QED) is 0.674. The molecule has 0 atom stereocenters. The highest BCUT2D eigenvalue weighted by Gasteiger charge is 2.24. The minimum absolute atomic E-state index is 0.115. The van der Waals surface area contributed by atoms with Gasteiger partial charge in [-0.05, 0) is 35.7 Å². The van der Waals surface area contributed by atoms with Gasteiger partial charge in [0.2, 0.25) is 11.7 Å². The highest BCUT2D eigenvalue weighted by molar-refractivity contribution is 7.12. The van der Waals surface area contributed by atoms with Crippen LogP contribution in [0.1, 0.15) is 15.6 Å². The number of piperazine rings is 1. The Kier molecular flexibility index (Phi) is 5.17. The first-order valence-corrected chi connectivity index (χ1v) is 9.63. The van der Waals surface area contributed by atoms with E-state index in [-0.39, 0.29) is 5.91 Å². The van der Waals surface area contributed by atoms with Crippen molar-refractivity contribution in [2.75, 3.05) is 33.3 Å². The summed E-state index contributed by atoms with van der Waals surface area (Å²) in [5, 5.41) is 6.00. The zero-order valence-corrected chi connectivity index (χ0v) is 15.8. The van der Waals surface area contributed by atoms with E-state index in [9.17, 15) is 4.79 Å². The third-order valence-electron chi connectivity index (χ3n) is 4.57. The molecule has 1 saturated heterocycles. The maximum Gasteiger partial charge on any atom is 0.264 e. The van der Waals surface area contributed by atoms with Crippen LogP contribution in [0.5, 0.6) is 5.75 Å². The van der Waals surface area contributed by atoms with E-state index in [1.165, 1.54) is 11.3 Å². The van der Waals surface area contributed by atoms with Gasteiger partial charge in [0.15, 0.2) is 0 Å². The van der Waals surface area contributed by atoms with Crippen LogP contribution in [0.4, 0.5) is 0 Å². The molecule has 27 heavy (non-hydrogen) atoms. The lowest BCUT2D eigenvalue weighted by atomic mass is 10.2. The average molecular weight is 384 g/mol. The van der Waals surface area contributed by atoms with Crippen LogP contribution in [0.3, 0.4) is 0 Å². The fraction of sp³-hybridized carbons (Fsp3) is 0.316. The van der Waals surface area contributed by atoms with Gasteiger partial charge < -0.3 is 14.2 Å². The number of thiophene rings is 1. The number of ether oxygens (including phenoxy) is 1. The molecule has 3 heterocycles. The highest BCUT2D eigenvalue weighted by atomic mass is 32.1. The fourth-order valence-corrected chi connectivity index (χ4v) is 3.72. The average Bonchev–Trinajstić information content (AvgIpc) is 3.40. The number of rotatable bonds is 5. The van der Waals surface area contributed by atoms with E-state index < -0.39 is 0 Å². The number of aromatic nitrogens is 2. The Bertz CT molecular complexity index is 884. The Morgan fingerprint density at radius 3 is 2.63 bits per heavy atom. The van der Waals surface area contributed by atoms with Gasteiger partial charge in [-0.2, -0.15) is 4.98 Å². The molecule has 1 fully saturated rings. The number of carbonyl (C=O) groups excluding carboxylic acids is 1. The van der Waals surface area contributed by atoms with Crippen molar-refractivity contribution in [1.82, 2.24) is 19.9 Å². The normalized spacial score (nSPS) is 15.1. The minimum atomic E-state index is 0.115. The van der Waals surface area contributed by atoms with E-state index in [4.69, 9.17) is 9.26 Å². The second-order valence-corrected chi connectivity index (χ2v) is 7.23. The number of nitrogens with zero attached hydrogens (tertiary/aromatic N) is 4. The molecule has 0 spiro atoms. The van der Waals surface area contributed by atoms with E-state index in [1.807, 2.05) is 46.7 Å². The molecule has 0 radical (unpaired) electrons. The van der Waals surface area contributed by atoms with E-state index in [2.05, 4.69) is 15.0 Å². The number of hydrogen-bond donors (Lipinski definition) is 0. The molecule has 2 aromatic heterocycles. The first kappa shape index (κ1) is 17.7. The number of methoxy groups -OCH3 is 1. The van der Waals surface area contributed by atoms with Crippen molar-refractivity contribution in [3.05, 3.63) is 52.5 Å². The van der Waals surface area contributed by atoms with Crippen molar-refractivity contribution in [2.24, 2.45) is 0 Å². The number of amides is 1. The van der Waals surface area contributed by atoms with Crippen LogP contribution in [0.15, 0.2) is 46.3 Å². The largest absolute Gasteiger partial charge is 0.497 e. The summed E-state index contributed by atoms with van der Waals surface area (Å²) < 4.78 is 10.6. The standard InChI is InChI=1S/C19H20N4O3S/c1-25-15-6-4-14(5-7-15)18-20-17(26-21-18)13-22-8-10-23(11-9-22)19(24)16-3-2-12-27-16/h2-7,12H,8-11,13H2,1H3. The SMILES string of the molecule is COc1ccc(-c2noc(CN3CCN(C(=O)c4cccs4)CC3)n2)cc1. The van der Waals surface area contributed by atoms with Crippen LogP contribution in [-0.4, -0.2) is 59.1 Å². The molecular weight excluding hydrogens is 364 g/mol. The maximum atomic E-state index is 12.4. The molecular formula is C19H20N4O3S. The Morgan fingerprint density at radius 2 is 1.96 bits per heavy atom. The molecule has 7 nitrogen and oxygen atoms in total. The Hall–Kier alpha value is -2.71. The van der Waals surface area contributed by atoms with Crippen molar-refractivity contribution < 1.29 is 14.1 Å². The summed E-state index contributed by atoms with van der Waals surface area (Å²) >= 11 is 1.49. The molecule has 0 unspecified atom stereocenters. The monoisotopic (exact) mass is 384 g/mol. The van der Waals surface area contributed by atoms with Crippen molar-refractivity contribution in [3.63, 3.8) is 0 Å². The minimum Gasteiger partial charge on any atom is -0.497 e. The second-order valence-electron chi connectivity index (χ2n) is 6.29. The number of hydrogen-bond acceptors (Lipinski definition) is 7. The molecule has 8 heteroatoms. The predicted octanol–water partition coefficient (Wildman–Crippen LogP) is 2.76. The van der Waals surface area contributed by atoms with Crippen molar-refractivity contribution >= 4 is 17.2 Å². The first-order valence-electron chi connectivity index (χ1n) is 8.75. The molecule has 1 aromatic carbocycles. The summed E-state index contributed by atoms with van der Waals surface area (Å²) in [7, 11) is 1.63. The van der Waals surface area contributed by atoms with E-state index in [1.54, 1.807) is 7.11 Å². The third-order valence-corrected chi connectivity index (χ3v) is 5.42. The molecule has 0 aliphatic carbocycles. The van der Waals surface area contributed by atoms with Gasteiger partial charge in [0.25, 0.3) is 5.91 Å². The molecule has 1 aliphatic heterocycles. The van der Waals surface area contributed by atoms with Gasteiger partial charge in [-0.25, -0.2) is 0 Å². The van der Waals surface area contributed by atoms with Crippen molar-refractivity contribution in [3.8, 4) is 17.1 Å². The summed E-state index contributed by atoms with van der Waals surface area (Å²) in [5.74, 6) is 2.06. The van der Waals surface area contributed by atoms with E-state index in [0.29, 0.717) is 31.3 Å². The third kappa shape index (κ3) is 4.01. The summed E-state index contributed by atoms with van der Waals surface area (Å²) in [6.07, 6.45) is 0. The maximum absolute atomic E-state index is 12.4. The van der Waals surface area contributed by atoms with Crippen LogP contribution >= 0.6 is 11.3 Å². The Labute approximate surface area is 161 Å². The molecule has 0 N–H and O–H groups in total. The van der Waals surface area contributed by atoms with Crippen LogP contribution in [0.2, 0.25) is 0 Å². The van der Waals surface area contributed by atoms with Gasteiger partial charge in [0.1, 0.15) is 5.75 Å². The molecule has 4 rings (SSSR count). The summed E-state index contributed by atoms with van der Waals surface area (Å²) in [6.45, 7) is 3.57. The van der Waals surface area contributed by atoms with Crippen molar-refractivity contribution in [2.45, 2.75) is 6.54 Å². The molecule has 140 valence electrons. The first-order chi connectivity index (χ1) is 13.2. The van der Waals surface area contributed by atoms with Gasteiger partial charge in [-0.15, -0.1) is 11.3 Å². The van der Waals surface area contributed by atoms with E-state index >= 15 is 0 Å². The summed E-state index contributed by atoms with van der Waals surface area (Å²) in [6, 6.07) is 11.3. The fourth-order valence-electron chi connectivity index (χ4n) is 3.03. The predicted molar refractivity (Wildman–Crippen MR) is 102 cm³/mol. The summed E-state index contributed by atoms with van der Waals surface area (Å²) in [5.41, 5.74) is 0.886. The smallest absolute Gasteiger partial charge is 0.264 e. The molecule has 3 aromatic rings. The van der Waals surface area contributed by atoms with Crippen LogP contribution in [-0.2, 0) is 6.54 Å². The van der Waals surface area contributed by atoms with Crippen molar-refractivity contribution in [1.29, 1.82) is 0 Å². The lowest BCUT2D eigenvalue weighted by Crippen LogP contribution is -2.48. The zero-order chi connectivity index (χ0) is 18.6. The Morgan fingerprint density at radius 1 is 1.19 bits per heavy atom. The molecule has 1 amide bonds. The molecule has 0 saturated carbocycles. The van der Waals surface area contributed by atoms with Gasteiger partial charge in [-0.3, -0.25) is 9.69 Å². The lowest BCUT2D eigenvalue weighted by Gasteiger charge is -2.33. The lowest BCUT2D eigenvalue weighted by molar-refractivity contribution is 0.0620. The van der Waals surface area contributed by atoms with Gasteiger partial charge in [0, 0.05) is 31.7 Å².